The van der Waals surface area contributed by atoms with E-state index < -0.39 is 34.3 Å². The minimum Gasteiger partial charge on any atom is -0.494 e. The Kier molecular flexibility index (Phi) is 4.94. The molecule has 1 aliphatic heterocycles. The largest absolute Gasteiger partial charge is 0.494 e. The first kappa shape index (κ1) is 18.9. The van der Waals surface area contributed by atoms with Gasteiger partial charge in [0, 0.05) is 25.4 Å². The number of anilines is 1. The molecule has 1 aromatic carbocycles. The van der Waals surface area contributed by atoms with Crippen molar-refractivity contribution in [1.82, 2.24) is 9.78 Å². The van der Waals surface area contributed by atoms with Crippen LogP contribution < -0.4 is 9.64 Å². The van der Waals surface area contributed by atoms with Crippen LogP contribution >= 0.6 is 0 Å². The number of aromatic nitrogens is 2. The number of piperidine rings is 1. The summed E-state index contributed by atoms with van der Waals surface area (Å²) in [5, 5.41) is 14.9. The summed E-state index contributed by atoms with van der Waals surface area (Å²) >= 11 is 0. The first-order valence-electron chi connectivity index (χ1n) is 8.10. The molecular weight excluding hydrogens is 372 g/mol. The predicted octanol–water partition coefficient (Wildman–Crippen LogP) is 3.80. The fourth-order valence-corrected chi connectivity index (χ4v) is 3.17. The standard InChI is InChI=1S/C16H16F4N4O3/c1-27-14-8-12(13(24(25)26)7-11(14)17)22-5-2-3-10(9-22)23-6-4-15(21-23)16(18,19)20/h4,6-8,10H,2-3,5,9H2,1H3. The Hall–Kier alpha value is -2.85. The van der Waals surface area contributed by atoms with Gasteiger partial charge in [0.2, 0.25) is 0 Å². The lowest BCUT2D eigenvalue weighted by Gasteiger charge is -2.34. The molecule has 1 fully saturated rings. The average Bonchev–Trinajstić information content (AvgIpc) is 3.12. The molecule has 0 N–H and O–H groups in total. The van der Waals surface area contributed by atoms with Crippen molar-refractivity contribution in [2.24, 2.45) is 0 Å². The van der Waals surface area contributed by atoms with Crippen LogP contribution in [0.4, 0.5) is 28.9 Å². The summed E-state index contributed by atoms with van der Waals surface area (Å²) in [6.07, 6.45) is -2.14. The van der Waals surface area contributed by atoms with Gasteiger partial charge in [-0.1, -0.05) is 0 Å². The molecule has 2 heterocycles. The van der Waals surface area contributed by atoms with Crippen LogP contribution in [-0.2, 0) is 6.18 Å². The van der Waals surface area contributed by atoms with Crippen LogP contribution in [0.25, 0.3) is 0 Å². The molecule has 11 heteroatoms. The highest BCUT2D eigenvalue weighted by atomic mass is 19.4. The third kappa shape index (κ3) is 3.81. The smallest absolute Gasteiger partial charge is 0.435 e. The van der Waals surface area contributed by atoms with Crippen molar-refractivity contribution in [3.8, 4) is 5.75 Å². The van der Waals surface area contributed by atoms with Crippen molar-refractivity contribution in [2.45, 2.75) is 25.1 Å². The monoisotopic (exact) mass is 388 g/mol. The van der Waals surface area contributed by atoms with Crippen LogP contribution in [0.2, 0.25) is 0 Å². The lowest BCUT2D eigenvalue weighted by Crippen LogP contribution is -2.37. The third-order valence-electron chi connectivity index (χ3n) is 4.46. The van der Waals surface area contributed by atoms with Crippen molar-refractivity contribution in [3.05, 3.63) is 46.0 Å². The topological polar surface area (TPSA) is 73.4 Å². The molecule has 27 heavy (non-hydrogen) atoms. The first-order chi connectivity index (χ1) is 12.7. The van der Waals surface area contributed by atoms with E-state index in [-0.39, 0.29) is 18.0 Å². The third-order valence-corrected chi connectivity index (χ3v) is 4.46. The van der Waals surface area contributed by atoms with E-state index in [2.05, 4.69) is 5.10 Å². The zero-order valence-corrected chi connectivity index (χ0v) is 14.2. The average molecular weight is 388 g/mol. The van der Waals surface area contributed by atoms with Gasteiger partial charge in [0.25, 0.3) is 5.69 Å². The van der Waals surface area contributed by atoms with Crippen molar-refractivity contribution in [1.29, 1.82) is 0 Å². The number of halogens is 4. The molecule has 2 aromatic rings. The molecule has 0 aliphatic carbocycles. The van der Waals surface area contributed by atoms with Gasteiger partial charge in [-0.25, -0.2) is 4.39 Å². The number of benzene rings is 1. The number of nitrogens with zero attached hydrogens (tertiary/aromatic N) is 4. The molecule has 0 radical (unpaired) electrons. The zero-order valence-electron chi connectivity index (χ0n) is 14.2. The summed E-state index contributed by atoms with van der Waals surface area (Å²) in [6.45, 7) is 0.647. The summed E-state index contributed by atoms with van der Waals surface area (Å²) in [4.78, 5) is 12.3. The highest BCUT2D eigenvalue weighted by Gasteiger charge is 2.35. The minimum absolute atomic E-state index is 0.142. The molecular formula is C16H16F4N4O3. The molecule has 0 amide bonds. The molecule has 1 aromatic heterocycles. The van der Waals surface area contributed by atoms with E-state index in [1.807, 2.05) is 0 Å². The first-order valence-corrected chi connectivity index (χ1v) is 8.10. The van der Waals surface area contributed by atoms with Gasteiger partial charge >= 0.3 is 6.18 Å². The number of alkyl halides is 3. The minimum atomic E-state index is -4.54. The van der Waals surface area contributed by atoms with Crippen molar-refractivity contribution in [3.63, 3.8) is 0 Å². The Morgan fingerprint density at radius 1 is 1.37 bits per heavy atom. The van der Waals surface area contributed by atoms with Crippen LogP contribution in [0.3, 0.4) is 0 Å². The molecule has 1 saturated heterocycles. The van der Waals surface area contributed by atoms with Crippen molar-refractivity contribution in [2.75, 3.05) is 25.1 Å². The summed E-state index contributed by atoms with van der Waals surface area (Å²) in [7, 11) is 1.25. The number of nitro benzene ring substituents is 1. The Morgan fingerprint density at radius 3 is 2.70 bits per heavy atom. The van der Waals surface area contributed by atoms with Gasteiger partial charge in [-0.15, -0.1) is 0 Å². The number of ether oxygens (including phenoxy) is 1. The van der Waals surface area contributed by atoms with Crippen molar-refractivity contribution >= 4 is 11.4 Å². The fourth-order valence-electron chi connectivity index (χ4n) is 3.17. The Balaban J connectivity index is 1.90. The second-order valence-corrected chi connectivity index (χ2v) is 6.15. The van der Waals surface area contributed by atoms with Crippen molar-refractivity contribution < 1.29 is 27.2 Å². The van der Waals surface area contributed by atoms with Crippen LogP contribution in [-0.4, -0.2) is 34.9 Å². The normalized spacial score (nSPS) is 17.8. The maximum Gasteiger partial charge on any atom is 0.435 e. The number of hydrogen-bond acceptors (Lipinski definition) is 5. The maximum atomic E-state index is 13.8. The number of nitro groups is 1. The zero-order chi connectivity index (χ0) is 19.8. The Labute approximate surface area is 151 Å². The van der Waals surface area contributed by atoms with E-state index in [0.717, 1.165) is 12.1 Å². The van der Waals surface area contributed by atoms with E-state index in [1.54, 1.807) is 4.90 Å². The van der Waals surface area contributed by atoms with Crippen LogP contribution in [0.1, 0.15) is 24.6 Å². The summed E-state index contributed by atoms with van der Waals surface area (Å²) in [6, 6.07) is 2.51. The second-order valence-electron chi connectivity index (χ2n) is 6.15. The van der Waals surface area contributed by atoms with E-state index in [1.165, 1.54) is 24.1 Å². The quantitative estimate of drug-likeness (QED) is 0.453. The van der Waals surface area contributed by atoms with E-state index in [0.29, 0.717) is 19.4 Å². The van der Waals surface area contributed by atoms with Gasteiger partial charge in [-0.3, -0.25) is 14.8 Å². The molecule has 3 rings (SSSR count). The number of methoxy groups -OCH3 is 1. The van der Waals surface area contributed by atoms with Crippen LogP contribution in [0.15, 0.2) is 24.4 Å². The summed E-state index contributed by atoms with van der Waals surface area (Å²) in [5.74, 6) is -1.00. The molecule has 0 saturated carbocycles. The molecule has 0 spiro atoms. The van der Waals surface area contributed by atoms with Gasteiger partial charge in [0.05, 0.1) is 24.1 Å². The Morgan fingerprint density at radius 2 is 2.11 bits per heavy atom. The van der Waals surface area contributed by atoms with E-state index in [4.69, 9.17) is 4.74 Å². The second kappa shape index (κ2) is 7.05. The predicted molar refractivity (Wildman–Crippen MR) is 87.3 cm³/mol. The maximum absolute atomic E-state index is 13.8. The fraction of sp³-hybridized carbons (Fsp3) is 0.438. The Bertz CT molecular complexity index is 853. The molecule has 1 atom stereocenters. The van der Waals surface area contributed by atoms with Gasteiger partial charge in [0.1, 0.15) is 5.69 Å². The molecule has 146 valence electrons. The molecule has 7 nitrogen and oxygen atoms in total. The highest BCUT2D eigenvalue weighted by molar-refractivity contribution is 5.66. The van der Waals surface area contributed by atoms with Gasteiger partial charge in [-0.05, 0) is 18.9 Å². The lowest BCUT2D eigenvalue weighted by atomic mass is 10.0. The molecule has 0 bridgehead atoms. The van der Waals surface area contributed by atoms with E-state index >= 15 is 0 Å². The van der Waals surface area contributed by atoms with Gasteiger partial charge < -0.3 is 9.64 Å². The summed E-state index contributed by atoms with van der Waals surface area (Å²) in [5.41, 5.74) is -1.26. The van der Waals surface area contributed by atoms with Gasteiger partial charge in [-0.2, -0.15) is 18.3 Å². The lowest BCUT2D eigenvalue weighted by molar-refractivity contribution is -0.384. The van der Waals surface area contributed by atoms with Crippen LogP contribution in [0.5, 0.6) is 5.75 Å². The number of rotatable bonds is 4. The van der Waals surface area contributed by atoms with Gasteiger partial charge in [0.15, 0.2) is 17.3 Å². The van der Waals surface area contributed by atoms with Crippen LogP contribution in [0, 0.1) is 15.9 Å². The highest BCUT2D eigenvalue weighted by Crippen LogP contribution is 2.37. The molecule has 1 aliphatic rings. The molecule has 1 unspecified atom stereocenters. The van der Waals surface area contributed by atoms with E-state index in [9.17, 15) is 27.7 Å². The SMILES string of the molecule is COc1cc(N2CCCC(n3ccc(C(F)(F)F)n3)C2)c([N+](=O)[O-])cc1F. The number of hydrogen-bond donors (Lipinski definition) is 0. The summed E-state index contributed by atoms with van der Waals surface area (Å²) < 4.78 is 58.3.